The van der Waals surface area contributed by atoms with E-state index < -0.39 is 12.1 Å². The Labute approximate surface area is 128 Å². The van der Waals surface area contributed by atoms with Crippen molar-refractivity contribution in [3.63, 3.8) is 0 Å². The molecule has 0 saturated carbocycles. The minimum Gasteiger partial charge on any atom is -0.481 e. The highest BCUT2D eigenvalue weighted by Gasteiger charge is 2.29. The lowest BCUT2D eigenvalue weighted by atomic mass is 10.2. The fraction of sp³-hybridized carbons (Fsp3) is 0.643. The molecule has 8 heteroatoms. The molecule has 1 fully saturated rings. The molecule has 0 aliphatic carbocycles. The number of hydrogen-bond donors (Lipinski definition) is 2. The third-order valence-electron chi connectivity index (χ3n) is 3.96. The molecule has 1 atom stereocenters. The molecule has 1 amide bonds. The number of amides is 1. The van der Waals surface area contributed by atoms with Crippen LogP contribution in [0.5, 0.6) is 0 Å². The number of rotatable bonds is 4. The molecule has 0 spiro atoms. The standard InChI is InChI=1S/C14H20N4O4/c19-13(20)2-1-10-7-11-9-17(4-5-18(11)16-10)14(21)12-8-15-3-6-22-12/h7,12,15H,1-6,8-9H2,(H,19,20)/t12-/m0/s1. The van der Waals surface area contributed by atoms with Crippen molar-refractivity contribution in [2.75, 3.05) is 26.2 Å². The highest BCUT2D eigenvalue weighted by atomic mass is 16.5. The van der Waals surface area contributed by atoms with E-state index in [0.717, 1.165) is 17.9 Å². The van der Waals surface area contributed by atoms with Crippen LogP contribution in [0.15, 0.2) is 6.07 Å². The number of morpholine rings is 1. The second kappa shape index (κ2) is 6.45. The fourth-order valence-corrected chi connectivity index (χ4v) is 2.80. The van der Waals surface area contributed by atoms with Crippen LogP contribution in [0.25, 0.3) is 0 Å². The molecule has 3 heterocycles. The van der Waals surface area contributed by atoms with E-state index in [4.69, 9.17) is 9.84 Å². The maximum absolute atomic E-state index is 12.4. The second-order valence-corrected chi connectivity index (χ2v) is 5.57. The third kappa shape index (κ3) is 3.28. The van der Waals surface area contributed by atoms with Crippen LogP contribution < -0.4 is 5.32 Å². The van der Waals surface area contributed by atoms with Crippen LogP contribution in [0.4, 0.5) is 0 Å². The van der Waals surface area contributed by atoms with E-state index >= 15 is 0 Å². The van der Waals surface area contributed by atoms with Crippen molar-refractivity contribution in [1.29, 1.82) is 0 Å². The first kappa shape index (κ1) is 15.0. The van der Waals surface area contributed by atoms with Crippen LogP contribution in [-0.2, 0) is 33.8 Å². The van der Waals surface area contributed by atoms with Gasteiger partial charge in [-0.3, -0.25) is 14.3 Å². The van der Waals surface area contributed by atoms with Gasteiger partial charge in [0, 0.05) is 26.1 Å². The summed E-state index contributed by atoms with van der Waals surface area (Å²) >= 11 is 0. The Morgan fingerprint density at radius 1 is 1.45 bits per heavy atom. The molecule has 0 aromatic carbocycles. The van der Waals surface area contributed by atoms with Crippen LogP contribution >= 0.6 is 0 Å². The normalized spacial score (nSPS) is 21.5. The molecular weight excluding hydrogens is 288 g/mol. The van der Waals surface area contributed by atoms with Gasteiger partial charge in [0.25, 0.3) is 5.91 Å². The van der Waals surface area contributed by atoms with E-state index in [-0.39, 0.29) is 12.3 Å². The molecule has 0 radical (unpaired) electrons. The highest BCUT2D eigenvalue weighted by Crippen LogP contribution is 2.16. The van der Waals surface area contributed by atoms with Gasteiger partial charge in [-0.1, -0.05) is 0 Å². The molecule has 1 saturated heterocycles. The predicted octanol–water partition coefficient (Wildman–Crippen LogP) is -0.769. The van der Waals surface area contributed by atoms with Gasteiger partial charge in [-0.15, -0.1) is 0 Å². The molecule has 0 unspecified atom stereocenters. The number of aliphatic carboxylic acids is 1. The van der Waals surface area contributed by atoms with Gasteiger partial charge < -0.3 is 20.1 Å². The monoisotopic (exact) mass is 308 g/mol. The Hall–Kier alpha value is -1.93. The number of nitrogens with one attached hydrogen (secondary N) is 1. The Morgan fingerprint density at radius 2 is 2.32 bits per heavy atom. The summed E-state index contributed by atoms with van der Waals surface area (Å²) in [6, 6.07) is 1.89. The summed E-state index contributed by atoms with van der Waals surface area (Å²) in [7, 11) is 0. The molecular formula is C14H20N4O4. The van der Waals surface area contributed by atoms with E-state index in [9.17, 15) is 9.59 Å². The van der Waals surface area contributed by atoms with Crippen molar-refractivity contribution < 1.29 is 19.4 Å². The van der Waals surface area contributed by atoms with Crippen LogP contribution in [0.3, 0.4) is 0 Å². The maximum atomic E-state index is 12.4. The molecule has 1 aromatic heterocycles. The lowest BCUT2D eigenvalue weighted by molar-refractivity contribution is -0.146. The molecule has 120 valence electrons. The summed E-state index contributed by atoms with van der Waals surface area (Å²) in [5.41, 5.74) is 1.71. The number of carbonyl (C=O) groups is 2. The number of fused-ring (bicyclic) bond motifs is 1. The van der Waals surface area contributed by atoms with Crippen LogP contribution in [0, 0.1) is 0 Å². The maximum Gasteiger partial charge on any atom is 0.303 e. The molecule has 2 aliphatic rings. The van der Waals surface area contributed by atoms with E-state index in [1.807, 2.05) is 10.7 Å². The number of aryl methyl sites for hydroxylation is 1. The number of hydrogen-bond acceptors (Lipinski definition) is 5. The van der Waals surface area contributed by atoms with Crippen molar-refractivity contribution >= 4 is 11.9 Å². The van der Waals surface area contributed by atoms with E-state index in [0.29, 0.717) is 39.2 Å². The van der Waals surface area contributed by atoms with Gasteiger partial charge in [0.2, 0.25) is 0 Å². The second-order valence-electron chi connectivity index (χ2n) is 5.57. The van der Waals surface area contributed by atoms with Crippen molar-refractivity contribution in [2.45, 2.75) is 32.0 Å². The first-order chi connectivity index (χ1) is 10.6. The molecule has 2 N–H and O–H groups in total. The molecule has 3 rings (SSSR count). The summed E-state index contributed by atoms with van der Waals surface area (Å²) in [4.78, 5) is 24.9. The Morgan fingerprint density at radius 3 is 3.05 bits per heavy atom. The van der Waals surface area contributed by atoms with E-state index in [1.54, 1.807) is 4.90 Å². The molecule has 1 aromatic rings. The van der Waals surface area contributed by atoms with Crippen molar-refractivity contribution in [3.05, 3.63) is 17.5 Å². The zero-order chi connectivity index (χ0) is 15.5. The Balaban J connectivity index is 1.63. The molecule has 22 heavy (non-hydrogen) atoms. The fourth-order valence-electron chi connectivity index (χ4n) is 2.80. The van der Waals surface area contributed by atoms with Gasteiger partial charge in [-0.25, -0.2) is 0 Å². The topological polar surface area (TPSA) is 96.7 Å². The van der Waals surface area contributed by atoms with E-state index in [2.05, 4.69) is 10.4 Å². The Kier molecular flexibility index (Phi) is 4.39. The zero-order valence-electron chi connectivity index (χ0n) is 12.3. The highest BCUT2D eigenvalue weighted by molar-refractivity contribution is 5.81. The summed E-state index contributed by atoms with van der Waals surface area (Å²) in [5, 5.41) is 16.3. The third-order valence-corrected chi connectivity index (χ3v) is 3.96. The lowest BCUT2D eigenvalue weighted by Gasteiger charge is -2.32. The predicted molar refractivity (Wildman–Crippen MR) is 76.2 cm³/mol. The van der Waals surface area contributed by atoms with Gasteiger partial charge in [0.15, 0.2) is 0 Å². The number of aromatic nitrogens is 2. The first-order valence-corrected chi connectivity index (χ1v) is 7.52. The van der Waals surface area contributed by atoms with Gasteiger partial charge in [-0.05, 0) is 6.07 Å². The van der Waals surface area contributed by atoms with Gasteiger partial charge in [-0.2, -0.15) is 5.10 Å². The number of nitrogens with zero attached hydrogens (tertiary/aromatic N) is 3. The summed E-state index contributed by atoms with van der Waals surface area (Å²) in [6.07, 6.45) is 0.0780. The molecule has 2 aliphatic heterocycles. The molecule has 8 nitrogen and oxygen atoms in total. The van der Waals surface area contributed by atoms with Crippen molar-refractivity contribution in [1.82, 2.24) is 20.0 Å². The lowest BCUT2D eigenvalue weighted by Crippen LogP contribution is -2.51. The van der Waals surface area contributed by atoms with Crippen LogP contribution in [0.2, 0.25) is 0 Å². The van der Waals surface area contributed by atoms with Crippen molar-refractivity contribution in [2.24, 2.45) is 0 Å². The summed E-state index contributed by atoms with van der Waals surface area (Å²) < 4.78 is 7.37. The number of carbonyl (C=O) groups excluding carboxylic acids is 1. The minimum atomic E-state index is -0.829. The zero-order valence-corrected chi connectivity index (χ0v) is 12.3. The van der Waals surface area contributed by atoms with Gasteiger partial charge in [0.1, 0.15) is 6.10 Å². The van der Waals surface area contributed by atoms with Crippen molar-refractivity contribution in [3.8, 4) is 0 Å². The smallest absolute Gasteiger partial charge is 0.303 e. The van der Waals surface area contributed by atoms with Gasteiger partial charge in [0.05, 0.1) is 37.5 Å². The van der Waals surface area contributed by atoms with Gasteiger partial charge >= 0.3 is 5.97 Å². The number of ether oxygens (including phenoxy) is 1. The minimum absolute atomic E-state index is 0.00624. The Bertz CT molecular complexity index is 565. The van der Waals surface area contributed by atoms with Crippen LogP contribution in [-0.4, -0.2) is 64.0 Å². The largest absolute Gasteiger partial charge is 0.481 e. The van der Waals surface area contributed by atoms with E-state index in [1.165, 1.54) is 0 Å². The SMILES string of the molecule is O=C(O)CCc1cc2n(n1)CCN(C(=O)[C@@H]1CNCCO1)C2. The van der Waals surface area contributed by atoms with Crippen LogP contribution in [0.1, 0.15) is 17.8 Å². The summed E-state index contributed by atoms with van der Waals surface area (Å²) in [6.45, 7) is 3.63. The molecule has 0 bridgehead atoms. The first-order valence-electron chi connectivity index (χ1n) is 7.52. The summed E-state index contributed by atoms with van der Waals surface area (Å²) in [5.74, 6) is -0.823. The quantitative estimate of drug-likeness (QED) is 0.758. The average molecular weight is 308 g/mol. The number of carboxylic acids is 1. The number of carboxylic acid groups (broad SMARTS) is 1. The average Bonchev–Trinajstić information content (AvgIpc) is 2.95.